The Bertz CT molecular complexity index is 1480. The normalized spacial score (nSPS) is 11.1. The molecule has 0 unspecified atom stereocenters. The molecule has 0 amide bonds. The molecule has 0 aliphatic heterocycles. The van der Waals surface area contributed by atoms with Gasteiger partial charge in [0.1, 0.15) is 10.6 Å². The van der Waals surface area contributed by atoms with Crippen molar-refractivity contribution in [3.8, 4) is 11.4 Å². The Morgan fingerprint density at radius 2 is 1.61 bits per heavy atom. The van der Waals surface area contributed by atoms with E-state index in [0.717, 1.165) is 27.7 Å². The van der Waals surface area contributed by atoms with Crippen molar-refractivity contribution < 1.29 is 19.1 Å². The molecule has 0 saturated heterocycles. The monoisotopic (exact) mass is 455 g/mol. The number of carbonyl (C=O) groups excluding carboxylic acids is 2. The Morgan fingerprint density at radius 1 is 0.879 bits per heavy atom. The summed E-state index contributed by atoms with van der Waals surface area (Å²) in [5, 5.41) is 4.19. The zero-order valence-electron chi connectivity index (χ0n) is 18.2. The van der Waals surface area contributed by atoms with E-state index < -0.39 is 11.9 Å². The van der Waals surface area contributed by atoms with E-state index in [4.69, 9.17) is 9.47 Å². The number of ether oxygens (including phenoxy) is 2. The van der Waals surface area contributed by atoms with Gasteiger partial charge in [0.2, 0.25) is 0 Å². The highest BCUT2D eigenvalue weighted by atomic mass is 32.1. The highest BCUT2D eigenvalue weighted by Crippen LogP contribution is 2.40. The number of hydrogen-bond acceptors (Lipinski definition) is 5. The average molecular weight is 456 g/mol. The van der Waals surface area contributed by atoms with E-state index in [2.05, 4.69) is 4.57 Å². The summed E-state index contributed by atoms with van der Waals surface area (Å²) in [4.78, 5) is 26.3. The van der Waals surface area contributed by atoms with Gasteiger partial charge in [0.05, 0.1) is 17.7 Å². The van der Waals surface area contributed by atoms with E-state index in [1.807, 2.05) is 73.0 Å². The van der Waals surface area contributed by atoms with Crippen LogP contribution in [-0.2, 0) is 4.74 Å². The van der Waals surface area contributed by atoms with Crippen molar-refractivity contribution in [1.29, 1.82) is 0 Å². The molecule has 2 aromatic heterocycles. The highest BCUT2D eigenvalue weighted by Gasteiger charge is 2.25. The second kappa shape index (κ2) is 8.56. The van der Waals surface area contributed by atoms with Crippen molar-refractivity contribution in [2.75, 3.05) is 6.61 Å². The third kappa shape index (κ3) is 3.58. The first kappa shape index (κ1) is 21.0. The molecule has 0 radical (unpaired) electrons. The molecular weight excluding hydrogens is 434 g/mol. The smallest absolute Gasteiger partial charge is 0.353 e. The lowest BCUT2D eigenvalue weighted by atomic mass is 10.0. The van der Waals surface area contributed by atoms with Crippen LogP contribution in [0.5, 0.6) is 5.75 Å². The van der Waals surface area contributed by atoms with Gasteiger partial charge >= 0.3 is 11.9 Å². The lowest BCUT2D eigenvalue weighted by Crippen LogP contribution is -2.07. The summed E-state index contributed by atoms with van der Waals surface area (Å²) in [6.07, 6.45) is 0. The molecule has 5 rings (SSSR count). The SMILES string of the molecule is CCOC(=O)c1c(C)n(-c2ccccc2)c2c1cc(OC(=O)c1cccs1)c1ccccc12. The molecular formula is C27H21NO4S. The Hall–Kier alpha value is -3.90. The van der Waals surface area contributed by atoms with Crippen LogP contribution in [-0.4, -0.2) is 23.1 Å². The Balaban J connectivity index is 1.83. The molecule has 3 aromatic carbocycles. The van der Waals surface area contributed by atoms with Crippen LogP contribution in [0.3, 0.4) is 0 Å². The second-order valence-electron chi connectivity index (χ2n) is 7.54. The molecule has 0 fully saturated rings. The number of nitrogens with zero attached hydrogens (tertiary/aromatic N) is 1. The Kier molecular flexibility index (Phi) is 5.44. The number of aromatic nitrogens is 1. The number of hydrogen-bond donors (Lipinski definition) is 0. The molecule has 0 saturated carbocycles. The largest absolute Gasteiger partial charge is 0.462 e. The van der Waals surface area contributed by atoms with Gasteiger partial charge in [-0.3, -0.25) is 0 Å². The molecule has 5 aromatic rings. The van der Waals surface area contributed by atoms with Gasteiger partial charge in [0.15, 0.2) is 0 Å². The predicted molar refractivity (Wildman–Crippen MR) is 131 cm³/mol. The molecule has 2 heterocycles. The highest BCUT2D eigenvalue weighted by molar-refractivity contribution is 7.12. The van der Waals surface area contributed by atoms with Gasteiger partial charge in [-0.05, 0) is 43.5 Å². The summed E-state index contributed by atoms with van der Waals surface area (Å²) >= 11 is 1.33. The van der Waals surface area contributed by atoms with Crippen molar-refractivity contribution in [2.24, 2.45) is 0 Å². The third-order valence-electron chi connectivity index (χ3n) is 5.59. The summed E-state index contributed by atoms with van der Waals surface area (Å²) in [5.41, 5.74) is 3.04. The lowest BCUT2D eigenvalue weighted by molar-refractivity contribution is 0.0527. The summed E-state index contributed by atoms with van der Waals surface area (Å²) in [5.74, 6) is -0.417. The number of para-hydroxylation sites is 1. The van der Waals surface area contributed by atoms with Gasteiger partial charge in [-0.15, -0.1) is 11.3 Å². The maximum Gasteiger partial charge on any atom is 0.353 e. The Labute approximate surface area is 194 Å². The topological polar surface area (TPSA) is 57.5 Å². The van der Waals surface area contributed by atoms with E-state index in [-0.39, 0.29) is 6.61 Å². The second-order valence-corrected chi connectivity index (χ2v) is 8.48. The molecule has 164 valence electrons. The van der Waals surface area contributed by atoms with Gasteiger partial charge in [-0.2, -0.15) is 0 Å². The van der Waals surface area contributed by atoms with Gasteiger partial charge in [-0.25, -0.2) is 9.59 Å². The third-order valence-corrected chi connectivity index (χ3v) is 6.44. The number of rotatable bonds is 5. The average Bonchev–Trinajstić information content (AvgIpc) is 3.46. The standard InChI is InChI=1S/C27H21NO4S/c1-3-31-27(30)24-17(2)28(18-10-5-4-6-11-18)25-20-13-8-7-12-19(20)22(16-21(24)25)32-26(29)23-14-9-15-33-23/h4-16H,3H2,1-2H3. The van der Waals surface area contributed by atoms with Crippen LogP contribution in [0.2, 0.25) is 0 Å². The molecule has 5 nitrogen and oxygen atoms in total. The summed E-state index contributed by atoms with van der Waals surface area (Å²) in [7, 11) is 0. The minimum absolute atomic E-state index is 0.268. The summed E-state index contributed by atoms with van der Waals surface area (Å²) in [6, 6.07) is 23.0. The van der Waals surface area contributed by atoms with Gasteiger partial charge in [0, 0.05) is 27.5 Å². The van der Waals surface area contributed by atoms with Crippen molar-refractivity contribution in [3.05, 3.63) is 94.3 Å². The molecule has 0 N–H and O–H groups in total. The molecule has 33 heavy (non-hydrogen) atoms. The van der Waals surface area contributed by atoms with E-state index >= 15 is 0 Å². The fraction of sp³-hybridized carbons (Fsp3) is 0.111. The van der Waals surface area contributed by atoms with Crippen LogP contribution in [0.4, 0.5) is 0 Å². The molecule has 0 aliphatic carbocycles. The zero-order chi connectivity index (χ0) is 22.9. The number of benzene rings is 3. The van der Waals surface area contributed by atoms with Gasteiger partial charge < -0.3 is 14.0 Å². The van der Waals surface area contributed by atoms with Crippen molar-refractivity contribution in [2.45, 2.75) is 13.8 Å². The number of carbonyl (C=O) groups is 2. The maximum absolute atomic E-state index is 13.0. The maximum atomic E-state index is 13.0. The first-order valence-corrected chi connectivity index (χ1v) is 11.5. The van der Waals surface area contributed by atoms with Crippen LogP contribution in [0.15, 0.2) is 78.2 Å². The van der Waals surface area contributed by atoms with Crippen molar-refractivity contribution in [1.82, 2.24) is 4.57 Å². The predicted octanol–water partition coefficient (Wildman–Crippen LogP) is 6.55. The fourth-order valence-corrected chi connectivity index (χ4v) is 4.82. The number of esters is 2. The van der Waals surface area contributed by atoms with Gasteiger partial charge in [-0.1, -0.05) is 48.5 Å². The van der Waals surface area contributed by atoms with E-state index in [0.29, 0.717) is 21.6 Å². The van der Waals surface area contributed by atoms with Gasteiger partial charge in [0.25, 0.3) is 0 Å². The van der Waals surface area contributed by atoms with E-state index in [9.17, 15) is 9.59 Å². The van der Waals surface area contributed by atoms with Crippen LogP contribution in [0, 0.1) is 6.92 Å². The van der Waals surface area contributed by atoms with E-state index in [1.54, 1.807) is 19.1 Å². The number of thiophene rings is 1. The number of fused-ring (bicyclic) bond motifs is 3. The minimum atomic E-state index is -0.425. The van der Waals surface area contributed by atoms with E-state index in [1.165, 1.54) is 11.3 Å². The molecule has 0 spiro atoms. The zero-order valence-corrected chi connectivity index (χ0v) is 19.0. The lowest BCUT2D eigenvalue weighted by Gasteiger charge is -2.12. The summed E-state index contributed by atoms with van der Waals surface area (Å²) in [6.45, 7) is 3.96. The van der Waals surface area contributed by atoms with Crippen molar-refractivity contribution in [3.63, 3.8) is 0 Å². The Morgan fingerprint density at radius 3 is 2.30 bits per heavy atom. The molecule has 6 heteroatoms. The first-order valence-electron chi connectivity index (χ1n) is 10.6. The first-order chi connectivity index (χ1) is 16.1. The van der Waals surface area contributed by atoms with Crippen LogP contribution < -0.4 is 4.74 Å². The van der Waals surface area contributed by atoms with Crippen LogP contribution in [0.1, 0.15) is 32.6 Å². The molecule has 0 bridgehead atoms. The van der Waals surface area contributed by atoms with Crippen LogP contribution >= 0.6 is 11.3 Å². The quantitative estimate of drug-likeness (QED) is 0.223. The fourth-order valence-electron chi connectivity index (χ4n) is 4.22. The van der Waals surface area contributed by atoms with Crippen molar-refractivity contribution >= 4 is 45.0 Å². The molecule has 0 atom stereocenters. The summed E-state index contributed by atoms with van der Waals surface area (Å²) < 4.78 is 13.3. The molecule has 0 aliphatic rings. The minimum Gasteiger partial charge on any atom is -0.462 e. The van der Waals surface area contributed by atoms with Crippen LogP contribution in [0.25, 0.3) is 27.4 Å².